The van der Waals surface area contributed by atoms with Crippen molar-refractivity contribution in [1.82, 2.24) is 24.7 Å². The van der Waals surface area contributed by atoms with E-state index in [4.69, 9.17) is 11.6 Å². The molecule has 0 aliphatic heterocycles. The minimum atomic E-state index is 0.101. The van der Waals surface area contributed by atoms with E-state index in [1.54, 1.807) is 18.5 Å². The maximum absolute atomic E-state index is 5.94. The molecule has 0 fully saturated rings. The predicted molar refractivity (Wildman–Crippen MR) is 84.1 cm³/mol. The Morgan fingerprint density at radius 3 is 2.81 bits per heavy atom. The van der Waals surface area contributed by atoms with Crippen LogP contribution < -0.4 is 5.32 Å². The van der Waals surface area contributed by atoms with Crippen LogP contribution >= 0.6 is 27.5 Å². The second-order valence-corrected chi connectivity index (χ2v) is 5.46. The van der Waals surface area contributed by atoms with Crippen molar-refractivity contribution in [3.8, 4) is 5.95 Å². The van der Waals surface area contributed by atoms with Gasteiger partial charge in [0.25, 0.3) is 5.95 Å². The number of aromatic nitrogens is 5. The quantitative estimate of drug-likeness (QED) is 0.769. The Hall–Kier alpha value is -1.99. The lowest BCUT2D eigenvalue weighted by Gasteiger charge is -2.08. The van der Waals surface area contributed by atoms with Crippen LogP contribution in [0.1, 0.15) is 5.56 Å². The van der Waals surface area contributed by atoms with Gasteiger partial charge in [-0.25, -0.2) is 4.68 Å². The molecule has 0 saturated heterocycles. The molecule has 0 aliphatic rings. The molecule has 1 N–H and O–H groups in total. The van der Waals surface area contributed by atoms with Gasteiger partial charge in [0, 0.05) is 22.6 Å². The van der Waals surface area contributed by atoms with E-state index in [0.29, 0.717) is 11.9 Å². The molecular weight excluding hydrogens is 356 g/mol. The molecule has 6 nitrogen and oxygen atoms in total. The summed E-state index contributed by atoms with van der Waals surface area (Å²) in [6.45, 7) is 2.02. The van der Waals surface area contributed by atoms with Gasteiger partial charge in [0.1, 0.15) is 0 Å². The van der Waals surface area contributed by atoms with Crippen molar-refractivity contribution in [2.24, 2.45) is 0 Å². The summed E-state index contributed by atoms with van der Waals surface area (Å²) in [4.78, 5) is 12.4. The highest BCUT2D eigenvalue weighted by Crippen LogP contribution is 2.22. The number of nitrogens with zero attached hydrogens (tertiary/aromatic N) is 5. The highest BCUT2D eigenvalue weighted by atomic mass is 79.9. The molecule has 2 heterocycles. The topological polar surface area (TPSA) is 68.5 Å². The van der Waals surface area contributed by atoms with E-state index in [1.165, 1.54) is 4.68 Å². The molecule has 3 aromatic rings. The van der Waals surface area contributed by atoms with Crippen molar-refractivity contribution in [2.45, 2.75) is 6.92 Å². The minimum Gasteiger partial charge on any atom is -0.324 e. The molecule has 0 radical (unpaired) electrons. The molecule has 0 spiro atoms. The summed E-state index contributed by atoms with van der Waals surface area (Å²) in [5.74, 6) is 0.713. The Morgan fingerprint density at radius 2 is 2.10 bits per heavy atom. The van der Waals surface area contributed by atoms with Gasteiger partial charge in [0.2, 0.25) is 11.2 Å². The number of rotatable bonds is 3. The van der Waals surface area contributed by atoms with Crippen LogP contribution in [0, 0.1) is 6.92 Å². The van der Waals surface area contributed by atoms with Gasteiger partial charge < -0.3 is 5.32 Å². The molecule has 3 rings (SSSR count). The molecule has 21 heavy (non-hydrogen) atoms. The first-order valence-corrected chi connectivity index (χ1v) is 7.24. The van der Waals surface area contributed by atoms with Gasteiger partial charge in [0.15, 0.2) is 0 Å². The Balaban J connectivity index is 1.93. The zero-order valence-electron chi connectivity index (χ0n) is 11.0. The van der Waals surface area contributed by atoms with Crippen molar-refractivity contribution in [2.75, 3.05) is 5.32 Å². The number of benzene rings is 1. The van der Waals surface area contributed by atoms with Crippen molar-refractivity contribution in [3.63, 3.8) is 0 Å². The first kappa shape index (κ1) is 14.0. The van der Waals surface area contributed by atoms with E-state index in [9.17, 15) is 0 Å². The zero-order chi connectivity index (χ0) is 14.8. The predicted octanol–water partition coefficient (Wildman–Crippen LogP) is 3.53. The molecule has 0 bridgehead atoms. The van der Waals surface area contributed by atoms with Crippen molar-refractivity contribution >= 4 is 39.2 Å². The first-order chi connectivity index (χ1) is 10.1. The normalized spacial score (nSPS) is 10.6. The van der Waals surface area contributed by atoms with Crippen LogP contribution in [-0.2, 0) is 0 Å². The molecular formula is C13H10BrClN6. The van der Waals surface area contributed by atoms with Crippen molar-refractivity contribution in [3.05, 3.63) is 52.0 Å². The van der Waals surface area contributed by atoms with Crippen LogP contribution in [0.4, 0.5) is 11.6 Å². The first-order valence-electron chi connectivity index (χ1n) is 6.06. The van der Waals surface area contributed by atoms with E-state index in [-0.39, 0.29) is 5.28 Å². The standard InChI is InChI=1S/C13H10BrClN6/c1-8-3-4-9(7-10(8)14)17-12-18-11(15)19-13(20-12)21-6-2-5-16-21/h2-7H,1H3,(H,17,18,19,20). The average molecular weight is 366 g/mol. The second-order valence-electron chi connectivity index (χ2n) is 4.27. The van der Waals surface area contributed by atoms with Gasteiger partial charge in [-0.3, -0.25) is 0 Å². The SMILES string of the molecule is Cc1ccc(Nc2nc(Cl)nc(-n3cccn3)n2)cc1Br. The van der Waals surface area contributed by atoms with Gasteiger partial charge in [0.05, 0.1) is 0 Å². The lowest BCUT2D eigenvalue weighted by atomic mass is 10.2. The van der Waals surface area contributed by atoms with Crippen LogP contribution in [-0.4, -0.2) is 24.7 Å². The van der Waals surface area contributed by atoms with Crippen LogP contribution in [0.5, 0.6) is 0 Å². The number of halogens is 2. The van der Waals surface area contributed by atoms with Crippen molar-refractivity contribution in [1.29, 1.82) is 0 Å². The average Bonchev–Trinajstić information content (AvgIpc) is 2.96. The van der Waals surface area contributed by atoms with Gasteiger partial charge in [-0.1, -0.05) is 22.0 Å². The summed E-state index contributed by atoms with van der Waals surface area (Å²) in [6.07, 6.45) is 3.37. The molecule has 8 heteroatoms. The van der Waals surface area contributed by atoms with E-state index in [2.05, 4.69) is 41.3 Å². The Bertz CT molecular complexity index is 774. The smallest absolute Gasteiger partial charge is 0.256 e. The third kappa shape index (κ3) is 3.20. The fourth-order valence-electron chi connectivity index (χ4n) is 1.68. The molecule has 2 aromatic heterocycles. The molecule has 0 aliphatic carbocycles. The third-order valence-electron chi connectivity index (χ3n) is 2.73. The summed E-state index contributed by atoms with van der Waals surface area (Å²) in [6, 6.07) is 7.65. The Morgan fingerprint density at radius 1 is 1.24 bits per heavy atom. The maximum atomic E-state index is 5.94. The summed E-state index contributed by atoms with van der Waals surface area (Å²) in [7, 11) is 0. The molecule has 0 amide bonds. The number of hydrogen-bond acceptors (Lipinski definition) is 5. The van der Waals surface area contributed by atoms with Crippen molar-refractivity contribution < 1.29 is 0 Å². The summed E-state index contributed by atoms with van der Waals surface area (Å²) in [5.41, 5.74) is 1.99. The van der Waals surface area contributed by atoms with Crippen LogP contribution in [0.3, 0.4) is 0 Å². The van der Waals surface area contributed by atoms with Gasteiger partial charge in [-0.15, -0.1) is 0 Å². The Labute approximate surface area is 134 Å². The number of hydrogen-bond donors (Lipinski definition) is 1. The summed E-state index contributed by atoms with van der Waals surface area (Å²) < 4.78 is 2.52. The van der Waals surface area contributed by atoms with Crippen LogP contribution in [0.15, 0.2) is 41.1 Å². The molecule has 0 atom stereocenters. The van der Waals surface area contributed by atoms with Gasteiger partial charge in [-0.05, 0) is 42.3 Å². The summed E-state index contributed by atoms with van der Waals surface area (Å²) in [5, 5.41) is 7.27. The number of anilines is 2. The zero-order valence-corrected chi connectivity index (χ0v) is 13.3. The van der Waals surface area contributed by atoms with E-state index in [1.807, 2.05) is 25.1 Å². The Kier molecular flexibility index (Phi) is 3.85. The largest absolute Gasteiger partial charge is 0.324 e. The fourth-order valence-corrected chi connectivity index (χ4v) is 2.22. The lowest BCUT2D eigenvalue weighted by molar-refractivity contribution is 0.798. The van der Waals surface area contributed by atoms with Gasteiger partial charge >= 0.3 is 0 Å². The fraction of sp³-hybridized carbons (Fsp3) is 0.0769. The van der Waals surface area contributed by atoms with E-state index >= 15 is 0 Å². The van der Waals surface area contributed by atoms with E-state index < -0.39 is 0 Å². The second kappa shape index (κ2) is 5.79. The van der Waals surface area contributed by atoms with Crippen LogP contribution in [0.25, 0.3) is 5.95 Å². The molecule has 0 unspecified atom stereocenters. The highest BCUT2D eigenvalue weighted by Gasteiger charge is 2.08. The van der Waals surface area contributed by atoms with Crippen LogP contribution in [0.2, 0.25) is 5.28 Å². The highest BCUT2D eigenvalue weighted by molar-refractivity contribution is 9.10. The third-order valence-corrected chi connectivity index (χ3v) is 3.76. The minimum absolute atomic E-state index is 0.101. The lowest BCUT2D eigenvalue weighted by Crippen LogP contribution is -2.06. The van der Waals surface area contributed by atoms with Gasteiger partial charge in [-0.2, -0.15) is 20.1 Å². The number of aryl methyl sites for hydroxylation is 1. The van der Waals surface area contributed by atoms with E-state index in [0.717, 1.165) is 15.7 Å². The molecule has 106 valence electrons. The molecule has 1 aromatic carbocycles. The number of nitrogens with one attached hydrogen (secondary N) is 1. The molecule has 0 saturated carbocycles. The maximum Gasteiger partial charge on any atom is 0.256 e. The summed E-state index contributed by atoms with van der Waals surface area (Å²) >= 11 is 9.42. The monoisotopic (exact) mass is 364 g/mol.